The lowest BCUT2D eigenvalue weighted by atomic mass is 10.2. The van der Waals surface area contributed by atoms with Gasteiger partial charge in [-0.05, 0) is 24.6 Å². The van der Waals surface area contributed by atoms with E-state index in [0.717, 1.165) is 48.0 Å². The molecule has 1 N–H and O–H groups in total. The number of hydrogen-bond acceptors (Lipinski definition) is 5. The smallest absolute Gasteiger partial charge is 0.161 e. The highest BCUT2D eigenvalue weighted by molar-refractivity contribution is 7.15. The summed E-state index contributed by atoms with van der Waals surface area (Å²) in [6.07, 6.45) is 2.00. The zero-order valence-corrected chi connectivity index (χ0v) is 13.3. The van der Waals surface area contributed by atoms with Gasteiger partial charge in [-0.1, -0.05) is 6.92 Å². The molecule has 0 saturated carbocycles. The van der Waals surface area contributed by atoms with Crippen LogP contribution >= 0.6 is 11.3 Å². The normalized spacial score (nSPS) is 13.8. The highest BCUT2D eigenvalue weighted by Gasteiger charge is 2.16. The number of benzene rings is 1. The van der Waals surface area contributed by atoms with E-state index in [1.807, 2.05) is 12.1 Å². The third-order valence-corrected chi connectivity index (χ3v) is 4.62. The van der Waals surface area contributed by atoms with Gasteiger partial charge in [0.05, 0.1) is 19.4 Å². The maximum atomic E-state index is 5.70. The first-order valence-electron chi connectivity index (χ1n) is 7.32. The number of methoxy groups -OCH3 is 1. The van der Waals surface area contributed by atoms with Crippen molar-refractivity contribution in [1.82, 2.24) is 10.3 Å². The third kappa shape index (κ3) is 3.04. The van der Waals surface area contributed by atoms with Gasteiger partial charge in [-0.3, -0.25) is 0 Å². The molecule has 2 heterocycles. The Morgan fingerprint density at radius 2 is 2.24 bits per heavy atom. The Morgan fingerprint density at radius 3 is 3.00 bits per heavy atom. The van der Waals surface area contributed by atoms with Crippen LogP contribution in [0.1, 0.15) is 23.9 Å². The molecule has 2 aromatic rings. The molecule has 0 unspecified atom stereocenters. The first-order chi connectivity index (χ1) is 10.3. The van der Waals surface area contributed by atoms with E-state index in [2.05, 4.69) is 18.3 Å². The number of fused-ring (bicyclic) bond motifs is 1. The SMILES string of the molecule is CCCOc1ccc(-c2nc3c(s2)CNCC3)cc1OC. The van der Waals surface area contributed by atoms with Crippen molar-refractivity contribution in [2.24, 2.45) is 0 Å². The van der Waals surface area contributed by atoms with Crippen LogP contribution in [0.15, 0.2) is 18.2 Å². The zero-order chi connectivity index (χ0) is 14.7. The quantitative estimate of drug-likeness (QED) is 0.921. The fourth-order valence-corrected chi connectivity index (χ4v) is 3.45. The largest absolute Gasteiger partial charge is 0.493 e. The maximum Gasteiger partial charge on any atom is 0.161 e. The molecule has 0 saturated heterocycles. The molecule has 112 valence electrons. The van der Waals surface area contributed by atoms with E-state index in [1.54, 1.807) is 18.4 Å². The fraction of sp³-hybridized carbons (Fsp3) is 0.438. The van der Waals surface area contributed by atoms with Gasteiger partial charge >= 0.3 is 0 Å². The number of hydrogen-bond donors (Lipinski definition) is 1. The van der Waals surface area contributed by atoms with E-state index >= 15 is 0 Å². The van der Waals surface area contributed by atoms with Gasteiger partial charge in [0, 0.05) is 30.0 Å². The van der Waals surface area contributed by atoms with Crippen molar-refractivity contribution in [3.63, 3.8) is 0 Å². The molecule has 5 heteroatoms. The van der Waals surface area contributed by atoms with Crippen molar-refractivity contribution >= 4 is 11.3 Å². The third-order valence-electron chi connectivity index (χ3n) is 3.47. The summed E-state index contributed by atoms with van der Waals surface area (Å²) >= 11 is 1.76. The van der Waals surface area contributed by atoms with Crippen molar-refractivity contribution in [2.75, 3.05) is 20.3 Å². The summed E-state index contributed by atoms with van der Waals surface area (Å²) in [6, 6.07) is 6.05. The van der Waals surface area contributed by atoms with Crippen molar-refractivity contribution in [3.8, 4) is 22.1 Å². The van der Waals surface area contributed by atoms with Gasteiger partial charge in [0.1, 0.15) is 5.01 Å². The first-order valence-corrected chi connectivity index (χ1v) is 8.14. The maximum absolute atomic E-state index is 5.70. The average molecular weight is 304 g/mol. The first kappa shape index (κ1) is 14.4. The van der Waals surface area contributed by atoms with Gasteiger partial charge in [0.25, 0.3) is 0 Å². The highest BCUT2D eigenvalue weighted by Crippen LogP contribution is 2.35. The molecule has 0 atom stereocenters. The monoisotopic (exact) mass is 304 g/mol. The number of nitrogens with zero attached hydrogens (tertiary/aromatic N) is 1. The molecule has 1 aromatic carbocycles. The molecule has 0 amide bonds. The second-order valence-corrected chi connectivity index (χ2v) is 6.11. The summed E-state index contributed by atoms with van der Waals surface area (Å²) in [4.78, 5) is 6.12. The summed E-state index contributed by atoms with van der Waals surface area (Å²) in [5.74, 6) is 1.57. The molecule has 0 spiro atoms. The van der Waals surface area contributed by atoms with Crippen LogP contribution in [-0.2, 0) is 13.0 Å². The standard InChI is InChI=1S/C16H20N2O2S/c1-3-8-20-13-5-4-11(9-14(13)19-2)16-18-12-6-7-17-10-15(12)21-16/h4-5,9,17H,3,6-8,10H2,1-2H3. The van der Waals surface area contributed by atoms with Gasteiger partial charge in [0.15, 0.2) is 11.5 Å². The Bertz CT molecular complexity index is 601. The van der Waals surface area contributed by atoms with Crippen LogP contribution in [0.5, 0.6) is 11.5 Å². The summed E-state index contributed by atoms with van der Waals surface area (Å²) in [5, 5.41) is 4.45. The van der Waals surface area contributed by atoms with Gasteiger partial charge in [-0.2, -0.15) is 0 Å². The van der Waals surface area contributed by atoms with Gasteiger partial charge in [0.2, 0.25) is 0 Å². The Labute approximate surface area is 129 Å². The minimum Gasteiger partial charge on any atom is -0.493 e. The number of nitrogens with one attached hydrogen (secondary N) is 1. The zero-order valence-electron chi connectivity index (χ0n) is 12.4. The Kier molecular flexibility index (Phi) is 4.41. The topological polar surface area (TPSA) is 43.4 Å². The highest BCUT2D eigenvalue weighted by atomic mass is 32.1. The molecule has 0 bridgehead atoms. The van der Waals surface area contributed by atoms with E-state index in [9.17, 15) is 0 Å². The molecule has 21 heavy (non-hydrogen) atoms. The molecule has 1 aliphatic rings. The van der Waals surface area contributed by atoms with Crippen molar-refractivity contribution < 1.29 is 9.47 Å². The van der Waals surface area contributed by atoms with Crippen LogP contribution in [0.25, 0.3) is 10.6 Å². The second-order valence-electron chi connectivity index (χ2n) is 5.03. The number of rotatable bonds is 5. The van der Waals surface area contributed by atoms with E-state index < -0.39 is 0 Å². The van der Waals surface area contributed by atoms with Crippen LogP contribution in [0.2, 0.25) is 0 Å². The number of thiazole rings is 1. The molecular weight excluding hydrogens is 284 g/mol. The summed E-state index contributed by atoms with van der Waals surface area (Å²) in [5.41, 5.74) is 2.33. The lowest BCUT2D eigenvalue weighted by Gasteiger charge is -2.10. The number of aromatic nitrogens is 1. The van der Waals surface area contributed by atoms with E-state index in [0.29, 0.717) is 6.61 Å². The molecule has 0 aliphatic carbocycles. The molecule has 0 radical (unpaired) electrons. The summed E-state index contributed by atoms with van der Waals surface area (Å²) in [7, 11) is 1.68. The lowest BCUT2D eigenvalue weighted by Crippen LogP contribution is -2.22. The van der Waals surface area contributed by atoms with Crippen molar-refractivity contribution in [2.45, 2.75) is 26.3 Å². The van der Waals surface area contributed by atoms with Crippen LogP contribution < -0.4 is 14.8 Å². The van der Waals surface area contributed by atoms with Crippen LogP contribution in [0.4, 0.5) is 0 Å². The van der Waals surface area contributed by atoms with Crippen molar-refractivity contribution in [1.29, 1.82) is 0 Å². The van der Waals surface area contributed by atoms with Crippen LogP contribution in [0.3, 0.4) is 0 Å². The van der Waals surface area contributed by atoms with Gasteiger partial charge in [-0.25, -0.2) is 4.98 Å². The fourth-order valence-electron chi connectivity index (χ4n) is 2.38. The van der Waals surface area contributed by atoms with Crippen LogP contribution in [0, 0.1) is 0 Å². The molecule has 1 aliphatic heterocycles. The molecule has 1 aromatic heterocycles. The van der Waals surface area contributed by atoms with E-state index in [-0.39, 0.29) is 0 Å². The van der Waals surface area contributed by atoms with Gasteiger partial charge < -0.3 is 14.8 Å². The molecular formula is C16H20N2O2S. The lowest BCUT2D eigenvalue weighted by molar-refractivity contribution is 0.294. The minimum absolute atomic E-state index is 0.701. The summed E-state index contributed by atoms with van der Waals surface area (Å²) < 4.78 is 11.1. The summed E-state index contributed by atoms with van der Waals surface area (Å²) in [6.45, 7) is 4.74. The predicted molar refractivity (Wildman–Crippen MR) is 85.3 cm³/mol. The second kappa shape index (κ2) is 6.45. The Hall–Kier alpha value is -1.59. The Morgan fingerprint density at radius 1 is 1.33 bits per heavy atom. The predicted octanol–water partition coefficient (Wildman–Crippen LogP) is 3.25. The van der Waals surface area contributed by atoms with Gasteiger partial charge in [-0.15, -0.1) is 11.3 Å². The number of ether oxygens (including phenoxy) is 2. The van der Waals surface area contributed by atoms with Crippen LogP contribution in [-0.4, -0.2) is 25.2 Å². The van der Waals surface area contributed by atoms with E-state index in [1.165, 1.54) is 10.6 Å². The molecule has 3 rings (SSSR count). The van der Waals surface area contributed by atoms with Crippen molar-refractivity contribution in [3.05, 3.63) is 28.8 Å². The Balaban J connectivity index is 1.89. The average Bonchev–Trinajstić information content (AvgIpc) is 2.96. The van der Waals surface area contributed by atoms with E-state index in [4.69, 9.17) is 14.5 Å². The molecule has 4 nitrogen and oxygen atoms in total. The molecule has 0 fully saturated rings. The minimum atomic E-state index is 0.701.